The first-order chi connectivity index (χ1) is 11.1. The predicted octanol–water partition coefficient (Wildman–Crippen LogP) is 3.54. The van der Waals surface area contributed by atoms with Gasteiger partial charge in [-0.2, -0.15) is 0 Å². The van der Waals surface area contributed by atoms with Crippen LogP contribution in [-0.2, 0) is 4.74 Å². The Bertz CT molecular complexity index is 699. The molecule has 0 radical (unpaired) electrons. The summed E-state index contributed by atoms with van der Waals surface area (Å²) in [6, 6.07) is 11.0. The molecule has 0 saturated carbocycles. The van der Waals surface area contributed by atoms with Crippen molar-refractivity contribution in [3.8, 4) is 0 Å². The number of halogens is 1. The molecule has 0 bridgehead atoms. The van der Waals surface area contributed by atoms with Crippen LogP contribution in [0.3, 0.4) is 0 Å². The van der Waals surface area contributed by atoms with Crippen molar-refractivity contribution in [2.24, 2.45) is 5.41 Å². The van der Waals surface area contributed by atoms with Crippen LogP contribution in [0.1, 0.15) is 17.3 Å². The first-order valence-corrected chi connectivity index (χ1v) is 8.19. The van der Waals surface area contributed by atoms with Gasteiger partial charge >= 0.3 is 0 Å². The second kappa shape index (κ2) is 6.68. The van der Waals surface area contributed by atoms with Crippen LogP contribution in [0.4, 0.5) is 11.5 Å². The van der Waals surface area contributed by atoms with E-state index >= 15 is 0 Å². The van der Waals surface area contributed by atoms with Crippen LogP contribution in [0.25, 0.3) is 0 Å². The van der Waals surface area contributed by atoms with E-state index in [-0.39, 0.29) is 11.3 Å². The lowest BCUT2D eigenvalue weighted by molar-refractivity contribution is -0.0924. The Morgan fingerprint density at radius 1 is 1.30 bits per heavy atom. The lowest BCUT2D eigenvalue weighted by Crippen LogP contribution is -2.45. The van der Waals surface area contributed by atoms with E-state index in [0.29, 0.717) is 11.4 Å². The maximum atomic E-state index is 12.5. The number of pyridine rings is 1. The maximum absolute atomic E-state index is 12.5. The van der Waals surface area contributed by atoms with Gasteiger partial charge in [-0.05, 0) is 36.4 Å². The molecule has 1 aromatic carbocycles. The van der Waals surface area contributed by atoms with E-state index in [9.17, 15) is 4.79 Å². The van der Waals surface area contributed by atoms with Gasteiger partial charge in [-0.25, -0.2) is 4.98 Å². The van der Waals surface area contributed by atoms with Crippen LogP contribution in [-0.4, -0.2) is 30.6 Å². The number of anilines is 2. The molecule has 2 heterocycles. The average molecular weight is 376 g/mol. The largest absolute Gasteiger partial charge is 0.380 e. The highest BCUT2D eigenvalue weighted by Gasteiger charge is 2.33. The van der Waals surface area contributed by atoms with Crippen LogP contribution < -0.4 is 10.6 Å². The Morgan fingerprint density at radius 3 is 2.70 bits per heavy atom. The second-order valence-corrected chi connectivity index (χ2v) is 6.93. The molecule has 1 amide bonds. The average Bonchev–Trinajstić information content (AvgIpc) is 2.53. The lowest BCUT2D eigenvalue weighted by atomic mass is 9.89. The highest BCUT2D eigenvalue weighted by Crippen LogP contribution is 2.27. The van der Waals surface area contributed by atoms with Crippen molar-refractivity contribution in [3.63, 3.8) is 0 Å². The van der Waals surface area contributed by atoms with Gasteiger partial charge in [0.15, 0.2) is 0 Å². The minimum atomic E-state index is -0.182. The zero-order chi connectivity index (χ0) is 16.3. The molecule has 1 aliphatic heterocycles. The monoisotopic (exact) mass is 375 g/mol. The molecule has 23 heavy (non-hydrogen) atoms. The summed E-state index contributed by atoms with van der Waals surface area (Å²) in [5.74, 6) is 0.410. The Kier molecular flexibility index (Phi) is 4.63. The number of aromatic nitrogens is 1. The van der Waals surface area contributed by atoms with E-state index in [0.717, 1.165) is 29.9 Å². The summed E-state index contributed by atoms with van der Waals surface area (Å²) < 4.78 is 6.22. The Hall–Kier alpha value is -1.92. The fourth-order valence-corrected chi connectivity index (χ4v) is 2.58. The number of amides is 1. The molecule has 0 spiro atoms. The number of carbonyl (C=O) groups is 1. The molecule has 2 aromatic rings. The standard InChI is InChI=1S/C17H18BrN3O2/c1-17(10-23-11-17)9-20-15-14(3-2-8-19-15)16(22)21-13-6-4-12(18)5-7-13/h2-8H,9-11H2,1H3,(H,19,20)(H,21,22). The van der Waals surface area contributed by atoms with Crippen molar-refractivity contribution >= 4 is 33.3 Å². The number of benzene rings is 1. The molecule has 1 saturated heterocycles. The summed E-state index contributed by atoms with van der Waals surface area (Å²) in [4.78, 5) is 16.8. The Balaban J connectivity index is 1.71. The fourth-order valence-electron chi connectivity index (χ4n) is 2.31. The fraction of sp³-hybridized carbons (Fsp3) is 0.294. The normalized spacial score (nSPS) is 15.6. The van der Waals surface area contributed by atoms with E-state index in [2.05, 4.69) is 38.5 Å². The molecule has 120 valence electrons. The van der Waals surface area contributed by atoms with E-state index < -0.39 is 0 Å². The Labute approximate surface area is 143 Å². The molecule has 1 aromatic heterocycles. The number of carbonyl (C=O) groups excluding carboxylic acids is 1. The summed E-state index contributed by atoms with van der Waals surface area (Å²) in [6.07, 6.45) is 1.68. The summed E-state index contributed by atoms with van der Waals surface area (Å²) in [7, 11) is 0. The highest BCUT2D eigenvalue weighted by atomic mass is 79.9. The van der Waals surface area contributed by atoms with Crippen molar-refractivity contribution in [2.75, 3.05) is 30.4 Å². The molecule has 3 rings (SSSR count). The van der Waals surface area contributed by atoms with Gasteiger partial charge in [0.05, 0.1) is 18.8 Å². The highest BCUT2D eigenvalue weighted by molar-refractivity contribution is 9.10. The zero-order valence-electron chi connectivity index (χ0n) is 12.8. The summed E-state index contributed by atoms with van der Waals surface area (Å²) in [5, 5.41) is 6.16. The molecule has 1 fully saturated rings. The van der Waals surface area contributed by atoms with Gasteiger partial charge in [-0.3, -0.25) is 4.79 Å². The van der Waals surface area contributed by atoms with E-state index in [1.54, 1.807) is 18.3 Å². The molecule has 2 N–H and O–H groups in total. The third-order valence-corrected chi connectivity index (χ3v) is 4.27. The predicted molar refractivity (Wildman–Crippen MR) is 93.7 cm³/mol. The van der Waals surface area contributed by atoms with Crippen LogP contribution in [0.15, 0.2) is 47.1 Å². The summed E-state index contributed by atoms with van der Waals surface area (Å²) in [5.41, 5.74) is 1.38. The van der Waals surface area contributed by atoms with Crippen LogP contribution in [0, 0.1) is 5.41 Å². The quantitative estimate of drug-likeness (QED) is 0.838. The first-order valence-electron chi connectivity index (χ1n) is 7.39. The minimum Gasteiger partial charge on any atom is -0.380 e. The molecular formula is C17H18BrN3O2. The number of ether oxygens (including phenoxy) is 1. The van der Waals surface area contributed by atoms with Gasteiger partial charge in [0.25, 0.3) is 5.91 Å². The third kappa shape index (κ3) is 3.89. The molecular weight excluding hydrogens is 358 g/mol. The first kappa shape index (κ1) is 16.0. The number of rotatable bonds is 5. The number of nitrogens with zero attached hydrogens (tertiary/aromatic N) is 1. The SMILES string of the molecule is CC1(CNc2ncccc2C(=O)Nc2ccc(Br)cc2)COC1. The number of nitrogens with one attached hydrogen (secondary N) is 2. The van der Waals surface area contributed by atoms with E-state index in [4.69, 9.17) is 4.74 Å². The van der Waals surface area contributed by atoms with Crippen LogP contribution >= 0.6 is 15.9 Å². The van der Waals surface area contributed by atoms with Gasteiger partial charge in [0.1, 0.15) is 5.82 Å². The third-order valence-electron chi connectivity index (χ3n) is 3.74. The van der Waals surface area contributed by atoms with Gasteiger partial charge in [0, 0.05) is 28.3 Å². The van der Waals surface area contributed by atoms with Crippen LogP contribution in [0.2, 0.25) is 0 Å². The number of hydrogen-bond acceptors (Lipinski definition) is 4. The minimum absolute atomic E-state index is 0.108. The lowest BCUT2D eigenvalue weighted by Gasteiger charge is -2.38. The van der Waals surface area contributed by atoms with Crippen LogP contribution in [0.5, 0.6) is 0 Å². The molecule has 6 heteroatoms. The van der Waals surface area contributed by atoms with Gasteiger partial charge in [-0.15, -0.1) is 0 Å². The summed E-state index contributed by atoms with van der Waals surface area (Å²) >= 11 is 3.38. The van der Waals surface area contributed by atoms with E-state index in [1.165, 1.54) is 0 Å². The molecule has 1 aliphatic rings. The molecule has 5 nitrogen and oxygen atoms in total. The van der Waals surface area contributed by atoms with E-state index in [1.807, 2.05) is 24.3 Å². The second-order valence-electron chi connectivity index (χ2n) is 6.02. The van der Waals surface area contributed by atoms with Crippen molar-refractivity contribution in [1.82, 2.24) is 4.98 Å². The van der Waals surface area contributed by atoms with Gasteiger partial charge in [0.2, 0.25) is 0 Å². The van der Waals surface area contributed by atoms with Crippen molar-refractivity contribution in [1.29, 1.82) is 0 Å². The number of hydrogen-bond donors (Lipinski definition) is 2. The maximum Gasteiger partial charge on any atom is 0.259 e. The van der Waals surface area contributed by atoms with Gasteiger partial charge < -0.3 is 15.4 Å². The summed E-state index contributed by atoms with van der Waals surface area (Å²) in [6.45, 7) is 4.33. The molecule has 0 unspecified atom stereocenters. The molecule has 0 aliphatic carbocycles. The smallest absolute Gasteiger partial charge is 0.259 e. The zero-order valence-corrected chi connectivity index (χ0v) is 14.4. The van der Waals surface area contributed by atoms with Crippen molar-refractivity contribution < 1.29 is 9.53 Å². The molecule has 0 atom stereocenters. The van der Waals surface area contributed by atoms with Gasteiger partial charge in [-0.1, -0.05) is 22.9 Å². The Morgan fingerprint density at radius 2 is 2.04 bits per heavy atom. The topological polar surface area (TPSA) is 63.2 Å². The van der Waals surface area contributed by atoms with Crippen molar-refractivity contribution in [2.45, 2.75) is 6.92 Å². The van der Waals surface area contributed by atoms with Crippen molar-refractivity contribution in [3.05, 3.63) is 52.6 Å².